The van der Waals surface area contributed by atoms with Crippen LogP contribution in [0.1, 0.15) is 12.0 Å². The molecule has 1 aromatic heterocycles. The second kappa shape index (κ2) is 4.72. The van der Waals surface area contributed by atoms with Crippen molar-refractivity contribution in [2.75, 3.05) is 19.6 Å². The minimum atomic E-state index is 0.540. The first kappa shape index (κ1) is 11.7. The molecular weight excluding hydrogens is 246 g/mol. The zero-order chi connectivity index (χ0) is 12.5. The van der Waals surface area contributed by atoms with E-state index in [9.17, 15) is 0 Å². The molecule has 0 amide bonds. The number of nitrogens with zero attached hydrogens (tertiary/aromatic N) is 3. The molecule has 2 aliphatic rings. The number of allylic oxidation sites excluding steroid dienone is 1. The van der Waals surface area contributed by atoms with Crippen LogP contribution in [0.25, 0.3) is 5.57 Å². The Kier molecular flexibility index (Phi) is 3.07. The highest BCUT2D eigenvalue weighted by Gasteiger charge is 2.36. The van der Waals surface area contributed by atoms with Gasteiger partial charge in [0.25, 0.3) is 0 Å². The maximum atomic E-state index is 8.72. The Morgan fingerprint density at radius 2 is 2.33 bits per heavy atom. The summed E-state index contributed by atoms with van der Waals surface area (Å²) >= 11 is 5.80. The van der Waals surface area contributed by atoms with Crippen molar-refractivity contribution in [3.63, 3.8) is 0 Å². The second-order valence-electron chi connectivity index (χ2n) is 5.04. The van der Waals surface area contributed by atoms with E-state index in [0.717, 1.165) is 19.5 Å². The first-order valence-corrected chi connectivity index (χ1v) is 6.56. The van der Waals surface area contributed by atoms with Crippen LogP contribution in [0.5, 0.6) is 0 Å². The van der Waals surface area contributed by atoms with Crippen LogP contribution in [0.4, 0.5) is 0 Å². The molecular formula is C14H14ClN3. The molecule has 3 rings (SSSR count). The molecule has 0 aromatic carbocycles. The third kappa shape index (κ3) is 2.14. The Morgan fingerprint density at radius 3 is 3.00 bits per heavy atom. The van der Waals surface area contributed by atoms with Crippen molar-refractivity contribution < 1.29 is 0 Å². The first-order valence-electron chi connectivity index (χ1n) is 6.18. The van der Waals surface area contributed by atoms with Gasteiger partial charge in [-0.15, -0.1) is 0 Å². The Labute approximate surface area is 112 Å². The van der Waals surface area contributed by atoms with Gasteiger partial charge in [0.15, 0.2) is 0 Å². The van der Waals surface area contributed by atoms with E-state index < -0.39 is 0 Å². The van der Waals surface area contributed by atoms with Crippen LogP contribution >= 0.6 is 11.6 Å². The van der Waals surface area contributed by atoms with E-state index in [1.807, 2.05) is 18.3 Å². The van der Waals surface area contributed by atoms with Crippen molar-refractivity contribution in [2.24, 2.45) is 11.8 Å². The fraction of sp³-hybridized carbons (Fsp3) is 0.429. The van der Waals surface area contributed by atoms with Crippen molar-refractivity contribution in [1.82, 2.24) is 9.88 Å². The van der Waals surface area contributed by atoms with Gasteiger partial charge in [-0.25, -0.2) is 4.98 Å². The molecule has 0 radical (unpaired) electrons. The fourth-order valence-corrected chi connectivity index (χ4v) is 3.12. The average molecular weight is 260 g/mol. The maximum absolute atomic E-state index is 8.72. The highest BCUT2D eigenvalue weighted by atomic mass is 35.5. The van der Waals surface area contributed by atoms with Gasteiger partial charge in [-0.3, -0.25) is 4.90 Å². The van der Waals surface area contributed by atoms with Gasteiger partial charge < -0.3 is 0 Å². The Hall–Kier alpha value is -1.37. The Morgan fingerprint density at radius 1 is 1.44 bits per heavy atom. The summed E-state index contributed by atoms with van der Waals surface area (Å²) in [5.74, 6) is 1.27. The van der Waals surface area contributed by atoms with E-state index in [-0.39, 0.29) is 0 Å². The van der Waals surface area contributed by atoms with Crippen LogP contribution < -0.4 is 0 Å². The molecule has 0 spiro atoms. The summed E-state index contributed by atoms with van der Waals surface area (Å²) in [7, 11) is 0. The molecule has 0 N–H and O–H groups in total. The number of hydrogen-bond donors (Lipinski definition) is 0. The maximum Gasteiger partial charge on any atom is 0.129 e. The highest BCUT2D eigenvalue weighted by Crippen LogP contribution is 2.40. The lowest BCUT2D eigenvalue weighted by Crippen LogP contribution is -2.21. The summed E-state index contributed by atoms with van der Waals surface area (Å²) in [6.45, 7) is 2.61. The molecule has 0 saturated carbocycles. The number of rotatable bonds is 2. The van der Waals surface area contributed by atoms with Gasteiger partial charge in [-0.1, -0.05) is 23.7 Å². The Balaban J connectivity index is 1.74. The molecule has 1 saturated heterocycles. The molecule has 1 aliphatic heterocycles. The summed E-state index contributed by atoms with van der Waals surface area (Å²) in [6, 6.07) is 6.11. The number of aromatic nitrogens is 1. The molecule has 1 fully saturated rings. The summed E-state index contributed by atoms with van der Waals surface area (Å²) in [5, 5.41) is 9.26. The highest BCUT2D eigenvalue weighted by molar-refractivity contribution is 6.29. The monoisotopic (exact) mass is 259 g/mol. The summed E-state index contributed by atoms with van der Waals surface area (Å²) in [5.41, 5.74) is 2.56. The lowest BCUT2D eigenvalue weighted by Gasteiger charge is -2.12. The minimum absolute atomic E-state index is 0.540. The number of likely N-dealkylation sites (tertiary alicyclic amines) is 1. The summed E-state index contributed by atoms with van der Waals surface area (Å²) < 4.78 is 0. The molecule has 2 atom stereocenters. The van der Waals surface area contributed by atoms with Crippen molar-refractivity contribution in [3.8, 4) is 6.07 Å². The SMILES string of the molecule is N#CCN1C[C@@H]2CC(c3ccc(Cl)nc3)=C[C@@H]2C1. The van der Waals surface area contributed by atoms with Crippen molar-refractivity contribution in [2.45, 2.75) is 6.42 Å². The topological polar surface area (TPSA) is 39.9 Å². The van der Waals surface area contributed by atoms with E-state index in [1.54, 1.807) is 0 Å². The van der Waals surface area contributed by atoms with E-state index >= 15 is 0 Å². The van der Waals surface area contributed by atoms with E-state index in [2.05, 4.69) is 22.0 Å². The van der Waals surface area contributed by atoms with Gasteiger partial charge in [0, 0.05) is 19.3 Å². The lowest BCUT2D eigenvalue weighted by molar-refractivity contribution is 0.362. The average Bonchev–Trinajstić information content (AvgIpc) is 2.88. The smallest absolute Gasteiger partial charge is 0.129 e. The predicted molar refractivity (Wildman–Crippen MR) is 70.9 cm³/mol. The number of pyridine rings is 1. The summed E-state index contributed by atoms with van der Waals surface area (Å²) in [4.78, 5) is 6.37. The second-order valence-corrected chi connectivity index (χ2v) is 5.43. The van der Waals surface area contributed by atoms with Crippen LogP contribution in [0.3, 0.4) is 0 Å². The van der Waals surface area contributed by atoms with E-state index in [0.29, 0.717) is 23.5 Å². The third-order valence-electron chi connectivity index (χ3n) is 3.86. The standard InChI is InChI=1S/C14H14ClN3/c15-14-2-1-10(7-17-14)11-5-12-8-18(4-3-16)9-13(12)6-11/h1-2,5,7,12-13H,4,6,8-9H2/t12-,13+/m1/s1. The van der Waals surface area contributed by atoms with E-state index in [4.69, 9.17) is 16.9 Å². The molecule has 0 bridgehead atoms. The third-order valence-corrected chi connectivity index (χ3v) is 4.08. The molecule has 3 nitrogen and oxygen atoms in total. The molecule has 2 heterocycles. The quantitative estimate of drug-likeness (QED) is 0.605. The number of nitriles is 1. The van der Waals surface area contributed by atoms with Crippen LogP contribution in [-0.2, 0) is 0 Å². The zero-order valence-corrected chi connectivity index (χ0v) is 10.8. The van der Waals surface area contributed by atoms with Gasteiger partial charge in [-0.2, -0.15) is 5.26 Å². The van der Waals surface area contributed by atoms with Gasteiger partial charge >= 0.3 is 0 Å². The first-order chi connectivity index (χ1) is 8.76. The molecule has 18 heavy (non-hydrogen) atoms. The minimum Gasteiger partial charge on any atom is -0.290 e. The zero-order valence-electron chi connectivity index (χ0n) is 10.0. The van der Waals surface area contributed by atoms with Crippen molar-refractivity contribution in [1.29, 1.82) is 5.26 Å². The molecule has 4 heteroatoms. The predicted octanol–water partition coefficient (Wildman–Crippen LogP) is 2.59. The summed E-state index contributed by atoms with van der Waals surface area (Å²) in [6.07, 6.45) is 5.30. The van der Waals surface area contributed by atoms with E-state index in [1.165, 1.54) is 11.1 Å². The van der Waals surface area contributed by atoms with Crippen LogP contribution in [0.2, 0.25) is 5.15 Å². The number of halogens is 1. The van der Waals surface area contributed by atoms with Gasteiger partial charge in [0.1, 0.15) is 5.15 Å². The largest absolute Gasteiger partial charge is 0.290 e. The lowest BCUT2D eigenvalue weighted by atomic mass is 9.99. The Bertz CT molecular complexity index is 515. The van der Waals surface area contributed by atoms with Crippen LogP contribution in [-0.4, -0.2) is 29.5 Å². The van der Waals surface area contributed by atoms with Crippen molar-refractivity contribution in [3.05, 3.63) is 35.1 Å². The number of fused-ring (bicyclic) bond motifs is 1. The fourth-order valence-electron chi connectivity index (χ4n) is 3.01. The normalized spacial score (nSPS) is 26.8. The van der Waals surface area contributed by atoms with Crippen LogP contribution in [0, 0.1) is 23.2 Å². The number of hydrogen-bond acceptors (Lipinski definition) is 3. The molecule has 92 valence electrons. The van der Waals surface area contributed by atoms with Crippen LogP contribution in [0.15, 0.2) is 24.4 Å². The molecule has 1 aromatic rings. The van der Waals surface area contributed by atoms with Gasteiger partial charge in [-0.05, 0) is 35.5 Å². The van der Waals surface area contributed by atoms with Gasteiger partial charge in [0.05, 0.1) is 12.6 Å². The van der Waals surface area contributed by atoms with Gasteiger partial charge in [0.2, 0.25) is 0 Å². The molecule has 1 aliphatic carbocycles. The molecule has 0 unspecified atom stereocenters. The van der Waals surface area contributed by atoms with Crippen molar-refractivity contribution >= 4 is 17.2 Å².